The second-order valence-corrected chi connectivity index (χ2v) is 9.80. The van der Waals surface area contributed by atoms with Crippen LogP contribution in [0.5, 0.6) is 0 Å². The summed E-state index contributed by atoms with van der Waals surface area (Å²) in [6, 6.07) is 0. The number of aromatic nitrogens is 1. The Labute approximate surface area is 186 Å². The molecule has 0 spiro atoms. The molecule has 1 aromatic rings. The van der Waals surface area contributed by atoms with E-state index in [0.717, 1.165) is 44.4 Å². The Morgan fingerprint density at radius 2 is 1.84 bits per heavy atom. The lowest BCUT2D eigenvalue weighted by atomic mass is 9.94. The van der Waals surface area contributed by atoms with E-state index in [2.05, 4.69) is 46.3 Å². The second-order valence-electron chi connectivity index (χ2n) is 9.80. The van der Waals surface area contributed by atoms with E-state index in [-0.39, 0.29) is 11.5 Å². The summed E-state index contributed by atoms with van der Waals surface area (Å²) in [5.41, 5.74) is -0.523. The molecule has 2 N–H and O–H groups in total. The molecule has 0 bridgehead atoms. The highest BCUT2D eigenvalue weighted by molar-refractivity contribution is 5.79. The number of hydrogen-bond acceptors (Lipinski definition) is 6. The number of carbonyl (C=O) groups excluding carboxylic acids is 1. The number of piperazine rings is 1. The van der Waals surface area contributed by atoms with E-state index in [1.54, 1.807) is 11.1 Å². The van der Waals surface area contributed by atoms with E-state index < -0.39 is 5.60 Å². The number of nitrogens with zero attached hydrogens (tertiary/aromatic N) is 4. The molecule has 0 radical (unpaired) electrons. The van der Waals surface area contributed by atoms with Crippen LogP contribution in [0.25, 0.3) is 0 Å². The summed E-state index contributed by atoms with van der Waals surface area (Å²) >= 11 is 0. The van der Waals surface area contributed by atoms with Crippen molar-refractivity contribution in [3.05, 3.63) is 17.8 Å². The molecule has 2 heterocycles. The molecule has 1 aliphatic rings. The van der Waals surface area contributed by atoms with Crippen LogP contribution in [0, 0.1) is 0 Å². The molecule has 1 saturated heterocycles. The third-order valence-corrected chi connectivity index (χ3v) is 4.75. The molecule has 0 unspecified atom stereocenters. The predicted octanol–water partition coefficient (Wildman–Crippen LogP) is 2.58. The minimum Gasteiger partial charge on any atom is -0.444 e. The number of ether oxygens (including phenoxy) is 1. The highest BCUT2D eigenvalue weighted by Crippen LogP contribution is 2.22. The zero-order valence-corrected chi connectivity index (χ0v) is 20.2. The molecule has 1 fully saturated rings. The summed E-state index contributed by atoms with van der Waals surface area (Å²) in [7, 11) is 0. The van der Waals surface area contributed by atoms with Gasteiger partial charge in [-0.3, -0.25) is 4.90 Å². The fourth-order valence-electron chi connectivity index (χ4n) is 3.03. The highest BCUT2D eigenvalue weighted by atomic mass is 16.6. The minimum atomic E-state index is -0.459. The highest BCUT2D eigenvalue weighted by Gasteiger charge is 2.25. The number of hydrogen-bond donors (Lipinski definition) is 2. The Kier molecular flexibility index (Phi) is 8.73. The molecule has 0 aromatic carbocycles. The summed E-state index contributed by atoms with van der Waals surface area (Å²) < 4.78 is 11.3. The van der Waals surface area contributed by atoms with Crippen molar-refractivity contribution >= 4 is 12.1 Å². The lowest BCUT2D eigenvalue weighted by Crippen LogP contribution is -2.51. The zero-order chi connectivity index (χ0) is 23.1. The molecule has 1 aromatic heterocycles. The Morgan fingerprint density at radius 1 is 1.16 bits per heavy atom. The van der Waals surface area contributed by atoms with Crippen molar-refractivity contribution in [3.63, 3.8) is 0 Å². The van der Waals surface area contributed by atoms with Crippen molar-refractivity contribution in [2.75, 3.05) is 45.8 Å². The first-order valence-corrected chi connectivity index (χ1v) is 11.2. The van der Waals surface area contributed by atoms with Gasteiger partial charge in [-0.15, -0.1) is 0 Å². The fourth-order valence-corrected chi connectivity index (χ4v) is 3.03. The first-order valence-electron chi connectivity index (χ1n) is 11.2. The molecule has 31 heavy (non-hydrogen) atoms. The number of oxazole rings is 1. The van der Waals surface area contributed by atoms with Crippen LogP contribution in [0.15, 0.2) is 15.6 Å². The fraction of sp³-hybridized carbons (Fsp3) is 0.773. The average molecular weight is 437 g/mol. The number of guanidine groups is 1. The Morgan fingerprint density at radius 3 is 2.39 bits per heavy atom. The predicted molar refractivity (Wildman–Crippen MR) is 122 cm³/mol. The molecule has 9 heteroatoms. The molecule has 0 aliphatic carbocycles. The minimum absolute atomic E-state index is 0.0643. The van der Waals surface area contributed by atoms with Gasteiger partial charge in [0.25, 0.3) is 0 Å². The van der Waals surface area contributed by atoms with Gasteiger partial charge < -0.3 is 24.7 Å². The van der Waals surface area contributed by atoms with Crippen LogP contribution < -0.4 is 10.6 Å². The van der Waals surface area contributed by atoms with Crippen LogP contribution in [0.2, 0.25) is 0 Å². The van der Waals surface area contributed by atoms with Crippen LogP contribution in [0.3, 0.4) is 0 Å². The number of aliphatic imine (C=N–C) groups is 1. The lowest BCUT2D eigenvalue weighted by Gasteiger charge is -2.35. The van der Waals surface area contributed by atoms with E-state index in [4.69, 9.17) is 9.15 Å². The van der Waals surface area contributed by atoms with Gasteiger partial charge in [0.05, 0.1) is 6.20 Å². The van der Waals surface area contributed by atoms with Gasteiger partial charge in [0, 0.05) is 51.2 Å². The number of carbonyl (C=O) groups is 1. The van der Waals surface area contributed by atoms with Gasteiger partial charge in [-0.25, -0.2) is 14.8 Å². The average Bonchev–Trinajstić information content (AvgIpc) is 3.15. The SMILES string of the molecule is CCNC(=NCc1ncc(C(C)(C)C)o1)NCCN1CCN(C(=O)OC(C)(C)C)CC1. The van der Waals surface area contributed by atoms with Crippen molar-refractivity contribution < 1.29 is 13.9 Å². The van der Waals surface area contributed by atoms with Crippen molar-refractivity contribution in [2.45, 2.75) is 66.0 Å². The molecule has 1 amide bonds. The summed E-state index contributed by atoms with van der Waals surface area (Å²) in [6.45, 7) is 19.8. The Bertz CT molecular complexity index is 724. The number of amides is 1. The van der Waals surface area contributed by atoms with Crippen LogP contribution in [-0.4, -0.2) is 78.3 Å². The van der Waals surface area contributed by atoms with E-state index in [1.807, 2.05) is 27.7 Å². The van der Waals surface area contributed by atoms with Gasteiger partial charge in [-0.05, 0) is 27.7 Å². The monoisotopic (exact) mass is 436 g/mol. The summed E-state index contributed by atoms with van der Waals surface area (Å²) in [5.74, 6) is 2.21. The smallest absolute Gasteiger partial charge is 0.410 e. The Hall–Kier alpha value is -2.29. The maximum absolute atomic E-state index is 12.2. The molecule has 9 nitrogen and oxygen atoms in total. The first kappa shape index (κ1) is 25.0. The van der Waals surface area contributed by atoms with Crippen LogP contribution >= 0.6 is 0 Å². The molecule has 0 saturated carbocycles. The van der Waals surface area contributed by atoms with Crippen molar-refractivity contribution in [3.8, 4) is 0 Å². The Balaban J connectivity index is 1.75. The summed E-state index contributed by atoms with van der Waals surface area (Å²) in [5, 5.41) is 6.62. The molecule has 1 aliphatic heterocycles. The third-order valence-electron chi connectivity index (χ3n) is 4.75. The van der Waals surface area contributed by atoms with Gasteiger partial charge in [-0.2, -0.15) is 0 Å². The van der Waals surface area contributed by atoms with E-state index in [1.165, 1.54) is 0 Å². The van der Waals surface area contributed by atoms with Gasteiger partial charge in [0.15, 0.2) is 5.96 Å². The van der Waals surface area contributed by atoms with E-state index in [0.29, 0.717) is 25.5 Å². The lowest BCUT2D eigenvalue weighted by molar-refractivity contribution is 0.0147. The normalized spacial score (nSPS) is 16.4. The van der Waals surface area contributed by atoms with Crippen LogP contribution in [0.4, 0.5) is 4.79 Å². The number of rotatable bonds is 6. The van der Waals surface area contributed by atoms with Gasteiger partial charge >= 0.3 is 6.09 Å². The summed E-state index contributed by atoms with van der Waals surface area (Å²) in [6.07, 6.45) is 1.55. The second kappa shape index (κ2) is 10.8. The van der Waals surface area contributed by atoms with Crippen molar-refractivity contribution in [1.82, 2.24) is 25.4 Å². The summed E-state index contributed by atoms with van der Waals surface area (Å²) in [4.78, 5) is 25.2. The molecule has 0 atom stereocenters. The van der Waals surface area contributed by atoms with Gasteiger partial charge in [-0.1, -0.05) is 20.8 Å². The van der Waals surface area contributed by atoms with E-state index >= 15 is 0 Å². The van der Waals surface area contributed by atoms with E-state index in [9.17, 15) is 4.79 Å². The molecular formula is C22H40N6O3. The van der Waals surface area contributed by atoms with Crippen LogP contribution in [-0.2, 0) is 16.7 Å². The zero-order valence-electron chi connectivity index (χ0n) is 20.2. The molecule has 176 valence electrons. The van der Waals surface area contributed by atoms with Crippen LogP contribution in [0.1, 0.15) is 60.1 Å². The third kappa shape index (κ3) is 8.77. The maximum atomic E-state index is 12.2. The van der Waals surface area contributed by atoms with Gasteiger partial charge in [0.1, 0.15) is 17.9 Å². The van der Waals surface area contributed by atoms with Gasteiger partial charge in [0.2, 0.25) is 5.89 Å². The van der Waals surface area contributed by atoms with Crippen molar-refractivity contribution in [1.29, 1.82) is 0 Å². The quantitative estimate of drug-likeness (QED) is 0.523. The van der Waals surface area contributed by atoms with Crippen molar-refractivity contribution in [2.24, 2.45) is 4.99 Å². The largest absolute Gasteiger partial charge is 0.444 e. The maximum Gasteiger partial charge on any atom is 0.410 e. The topological polar surface area (TPSA) is 95.2 Å². The standard InChI is InChI=1S/C22H40N6O3/c1-8-23-19(26-16-18-25-15-17(30-18)21(2,3)4)24-9-10-27-11-13-28(14-12-27)20(29)31-22(5,6)7/h15H,8-14,16H2,1-7H3,(H2,23,24,26). The molecule has 2 rings (SSSR count). The molecular weight excluding hydrogens is 396 g/mol. The first-order chi connectivity index (χ1) is 14.5. The number of nitrogens with one attached hydrogen (secondary N) is 2.